The van der Waals surface area contributed by atoms with Gasteiger partial charge in [-0.05, 0) is 34.1 Å². The summed E-state index contributed by atoms with van der Waals surface area (Å²) in [5.41, 5.74) is 0.199. The maximum atomic E-state index is 12.7. The number of nitrogens with zero attached hydrogens (tertiary/aromatic N) is 5. The van der Waals surface area contributed by atoms with E-state index in [1.165, 1.54) is 0 Å². The molecule has 2 aliphatic heterocycles. The van der Waals surface area contributed by atoms with Gasteiger partial charge in [-0.3, -0.25) is 4.79 Å². The highest BCUT2D eigenvalue weighted by Crippen LogP contribution is 2.31. The predicted octanol–water partition coefficient (Wildman–Crippen LogP) is 1.50. The lowest BCUT2D eigenvalue weighted by atomic mass is 10.0. The number of hydrogen-bond donors (Lipinski definition) is 1. The molecule has 0 aliphatic carbocycles. The average molecular weight is 405 g/mol. The first kappa shape index (κ1) is 21.3. The number of amides is 2. The maximum Gasteiger partial charge on any atom is 0.410 e. The zero-order valence-electron chi connectivity index (χ0n) is 17.7. The first-order chi connectivity index (χ1) is 13.6. The van der Waals surface area contributed by atoms with Crippen molar-refractivity contribution in [1.82, 2.24) is 19.8 Å². The van der Waals surface area contributed by atoms with Gasteiger partial charge in [0.25, 0.3) is 0 Å². The second-order valence-electron chi connectivity index (χ2n) is 8.59. The van der Waals surface area contributed by atoms with Crippen molar-refractivity contribution in [2.45, 2.75) is 52.2 Å². The van der Waals surface area contributed by atoms with E-state index in [1.54, 1.807) is 16.0 Å². The molecule has 0 saturated carbocycles. The molecule has 1 atom stereocenters. The molecule has 2 amide bonds. The van der Waals surface area contributed by atoms with E-state index in [-0.39, 0.29) is 12.0 Å². The van der Waals surface area contributed by atoms with Crippen molar-refractivity contribution < 1.29 is 19.4 Å². The van der Waals surface area contributed by atoms with Gasteiger partial charge >= 0.3 is 6.09 Å². The van der Waals surface area contributed by atoms with Gasteiger partial charge in [0, 0.05) is 57.4 Å². The molecule has 1 aromatic heterocycles. The van der Waals surface area contributed by atoms with Crippen molar-refractivity contribution in [3.8, 4) is 0 Å². The average Bonchev–Trinajstić information content (AvgIpc) is 2.66. The van der Waals surface area contributed by atoms with Crippen LogP contribution in [0.1, 0.15) is 51.1 Å². The SMILES string of the molecule is Cc1ncc2c(n1)N(CCC(=O)N1CCN(C(=O)OC(C)(C)C)CC1)CCC2O. The van der Waals surface area contributed by atoms with Crippen LogP contribution >= 0.6 is 0 Å². The Morgan fingerprint density at radius 3 is 2.48 bits per heavy atom. The van der Waals surface area contributed by atoms with E-state index in [2.05, 4.69) is 9.97 Å². The second-order valence-corrected chi connectivity index (χ2v) is 8.59. The van der Waals surface area contributed by atoms with Crippen LogP contribution in [0, 0.1) is 6.92 Å². The molecule has 9 nitrogen and oxygen atoms in total. The molecule has 29 heavy (non-hydrogen) atoms. The van der Waals surface area contributed by atoms with Crippen LogP contribution in [0.3, 0.4) is 0 Å². The van der Waals surface area contributed by atoms with Gasteiger partial charge < -0.3 is 24.5 Å². The maximum absolute atomic E-state index is 12.7. The van der Waals surface area contributed by atoms with Gasteiger partial charge in [-0.1, -0.05) is 0 Å². The molecule has 0 aromatic carbocycles. The zero-order chi connectivity index (χ0) is 21.2. The molecule has 1 N–H and O–H groups in total. The van der Waals surface area contributed by atoms with E-state index in [9.17, 15) is 14.7 Å². The summed E-state index contributed by atoms with van der Waals surface area (Å²) in [5.74, 6) is 1.43. The summed E-state index contributed by atoms with van der Waals surface area (Å²) in [4.78, 5) is 39.0. The number of ether oxygens (including phenoxy) is 1. The van der Waals surface area contributed by atoms with E-state index in [1.807, 2.05) is 32.6 Å². The summed E-state index contributed by atoms with van der Waals surface area (Å²) in [6, 6.07) is 0. The molecule has 1 aromatic rings. The predicted molar refractivity (Wildman–Crippen MR) is 108 cm³/mol. The van der Waals surface area contributed by atoms with Crippen LogP contribution in [0.4, 0.5) is 10.6 Å². The minimum absolute atomic E-state index is 0.0623. The molecule has 1 saturated heterocycles. The first-order valence-corrected chi connectivity index (χ1v) is 10.2. The lowest BCUT2D eigenvalue weighted by molar-refractivity contribution is -0.132. The fourth-order valence-electron chi connectivity index (χ4n) is 3.57. The van der Waals surface area contributed by atoms with Crippen molar-refractivity contribution >= 4 is 17.8 Å². The number of aryl methyl sites for hydroxylation is 1. The van der Waals surface area contributed by atoms with Crippen molar-refractivity contribution in [3.05, 3.63) is 17.6 Å². The Morgan fingerprint density at radius 1 is 1.17 bits per heavy atom. The standard InChI is InChI=1S/C20H31N5O4/c1-14-21-13-15-16(26)5-7-24(18(15)22-14)8-6-17(27)23-9-11-25(12-10-23)19(28)29-20(2,3)4/h13,16,26H,5-12H2,1-4H3. The number of aliphatic hydroxyl groups excluding tert-OH is 1. The van der Waals surface area contributed by atoms with Gasteiger partial charge in [-0.25, -0.2) is 14.8 Å². The summed E-state index contributed by atoms with van der Waals surface area (Å²) in [7, 11) is 0. The summed E-state index contributed by atoms with van der Waals surface area (Å²) in [5, 5.41) is 10.2. The van der Waals surface area contributed by atoms with Crippen LogP contribution in [0.15, 0.2) is 6.20 Å². The molecule has 160 valence electrons. The second kappa shape index (κ2) is 8.52. The van der Waals surface area contributed by atoms with E-state index in [0.717, 1.165) is 11.4 Å². The third-order valence-electron chi connectivity index (χ3n) is 5.13. The number of carbonyl (C=O) groups excluding carboxylic acids is 2. The number of fused-ring (bicyclic) bond motifs is 1. The van der Waals surface area contributed by atoms with Crippen molar-refractivity contribution in [2.24, 2.45) is 0 Å². The lowest BCUT2D eigenvalue weighted by Gasteiger charge is -2.36. The molecule has 3 rings (SSSR count). The van der Waals surface area contributed by atoms with E-state index in [0.29, 0.717) is 57.9 Å². The number of carbonyl (C=O) groups is 2. The molecule has 0 spiro atoms. The zero-order valence-corrected chi connectivity index (χ0v) is 17.7. The largest absolute Gasteiger partial charge is 0.444 e. The summed E-state index contributed by atoms with van der Waals surface area (Å²) in [6.45, 7) is 10.5. The van der Waals surface area contributed by atoms with Gasteiger partial charge in [0.1, 0.15) is 17.2 Å². The fraction of sp³-hybridized carbons (Fsp3) is 0.700. The first-order valence-electron chi connectivity index (χ1n) is 10.2. The fourth-order valence-corrected chi connectivity index (χ4v) is 3.57. The Hall–Kier alpha value is -2.42. The van der Waals surface area contributed by atoms with Crippen LogP contribution in [-0.4, -0.2) is 81.7 Å². The number of anilines is 1. The topological polar surface area (TPSA) is 99.1 Å². The minimum Gasteiger partial charge on any atom is -0.444 e. The number of hydrogen-bond acceptors (Lipinski definition) is 7. The van der Waals surface area contributed by atoms with Gasteiger partial charge in [-0.2, -0.15) is 0 Å². The third-order valence-corrected chi connectivity index (χ3v) is 5.13. The van der Waals surface area contributed by atoms with Crippen LogP contribution < -0.4 is 4.90 Å². The number of aromatic nitrogens is 2. The molecule has 9 heteroatoms. The normalized spacial score (nSPS) is 19.8. The summed E-state index contributed by atoms with van der Waals surface area (Å²) < 4.78 is 5.40. The Labute approximate surface area is 171 Å². The summed E-state index contributed by atoms with van der Waals surface area (Å²) >= 11 is 0. The molecule has 2 aliphatic rings. The quantitative estimate of drug-likeness (QED) is 0.813. The van der Waals surface area contributed by atoms with Crippen molar-refractivity contribution in [1.29, 1.82) is 0 Å². The monoisotopic (exact) mass is 405 g/mol. The molecule has 0 radical (unpaired) electrons. The van der Waals surface area contributed by atoms with E-state index >= 15 is 0 Å². The smallest absolute Gasteiger partial charge is 0.410 e. The number of aliphatic hydroxyl groups is 1. The Balaban J connectivity index is 1.51. The van der Waals surface area contributed by atoms with E-state index < -0.39 is 11.7 Å². The Bertz CT molecular complexity index is 756. The van der Waals surface area contributed by atoms with Gasteiger partial charge in [0.2, 0.25) is 5.91 Å². The molecule has 0 bridgehead atoms. The number of piperazine rings is 1. The summed E-state index contributed by atoms with van der Waals surface area (Å²) in [6.07, 6.45) is 1.75. The van der Waals surface area contributed by atoms with Crippen molar-refractivity contribution in [3.63, 3.8) is 0 Å². The van der Waals surface area contributed by atoms with Gasteiger partial charge in [0.05, 0.1) is 6.10 Å². The molecule has 3 heterocycles. The molecular weight excluding hydrogens is 374 g/mol. The molecule has 1 fully saturated rings. The minimum atomic E-state index is -0.557. The van der Waals surface area contributed by atoms with Crippen LogP contribution in [-0.2, 0) is 9.53 Å². The van der Waals surface area contributed by atoms with E-state index in [4.69, 9.17) is 4.74 Å². The highest BCUT2D eigenvalue weighted by atomic mass is 16.6. The van der Waals surface area contributed by atoms with Gasteiger partial charge in [-0.15, -0.1) is 0 Å². The lowest BCUT2D eigenvalue weighted by Crippen LogP contribution is -2.52. The van der Waals surface area contributed by atoms with Gasteiger partial charge in [0.15, 0.2) is 0 Å². The highest BCUT2D eigenvalue weighted by Gasteiger charge is 2.29. The van der Waals surface area contributed by atoms with Crippen LogP contribution in [0.5, 0.6) is 0 Å². The Morgan fingerprint density at radius 2 is 1.83 bits per heavy atom. The Kier molecular flexibility index (Phi) is 6.26. The molecule has 1 unspecified atom stereocenters. The van der Waals surface area contributed by atoms with Crippen molar-refractivity contribution in [2.75, 3.05) is 44.2 Å². The van der Waals surface area contributed by atoms with Crippen LogP contribution in [0.25, 0.3) is 0 Å². The number of rotatable bonds is 3. The molecular formula is C20H31N5O4. The third kappa shape index (κ3) is 5.35. The van der Waals surface area contributed by atoms with Crippen LogP contribution in [0.2, 0.25) is 0 Å². The highest BCUT2D eigenvalue weighted by molar-refractivity contribution is 5.77.